The molecule has 1 aliphatic heterocycles. The van der Waals surface area contributed by atoms with Gasteiger partial charge >= 0.3 is 0 Å². The van der Waals surface area contributed by atoms with Crippen LogP contribution in [0.2, 0.25) is 0 Å². The summed E-state index contributed by atoms with van der Waals surface area (Å²) < 4.78 is 11.3. The summed E-state index contributed by atoms with van der Waals surface area (Å²) in [5.74, 6) is 0.811. The number of carbonyl (C=O) groups is 1. The van der Waals surface area contributed by atoms with E-state index in [1.165, 1.54) is 0 Å². The molecule has 0 N–H and O–H groups in total. The van der Waals surface area contributed by atoms with E-state index in [2.05, 4.69) is 0 Å². The van der Waals surface area contributed by atoms with E-state index in [-0.39, 0.29) is 5.78 Å². The van der Waals surface area contributed by atoms with Crippen LogP contribution in [0.25, 0.3) is 0 Å². The van der Waals surface area contributed by atoms with Crippen LogP contribution in [-0.4, -0.2) is 24.6 Å². The number of hydrogen-bond acceptors (Lipinski definition) is 3. The molecular formula is C14H18O3. The van der Waals surface area contributed by atoms with Crippen molar-refractivity contribution in [1.29, 1.82) is 0 Å². The summed E-state index contributed by atoms with van der Waals surface area (Å²) in [5, 5.41) is 0. The average molecular weight is 234 g/mol. The zero-order valence-electron chi connectivity index (χ0n) is 10.6. The summed E-state index contributed by atoms with van der Waals surface area (Å²) in [6.45, 7) is 6.91. The minimum Gasteiger partial charge on any atom is -0.484 e. The molecule has 1 atom stereocenters. The first-order valence-corrected chi connectivity index (χ1v) is 5.95. The van der Waals surface area contributed by atoms with Crippen molar-refractivity contribution in [3.8, 4) is 5.75 Å². The molecule has 3 nitrogen and oxygen atoms in total. The summed E-state index contributed by atoms with van der Waals surface area (Å²) in [6, 6.07) is 5.71. The van der Waals surface area contributed by atoms with Crippen molar-refractivity contribution in [3.63, 3.8) is 0 Å². The molecule has 1 unspecified atom stereocenters. The molecule has 0 aliphatic carbocycles. The van der Waals surface area contributed by atoms with Crippen molar-refractivity contribution in [2.24, 2.45) is 0 Å². The van der Waals surface area contributed by atoms with Crippen LogP contribution in [0.3, 0.4) is 0 Å². The molecular weight excluding hydrogens is 216 g/mol. The highest BCUT2D eigenvalue weighted by atomic mass is 16.5. The lowest BCUT2D eigenvalue weighted by molar-refractivity contribution is -0.0189. The highest BCUT2D eigenvalue weighted by molar-refractivity contribution is 6.00. The fourth-order valence-electron chi connectivity index (χ4n) is 2.09. The van der Waals surface area contributed by atoms with Crippen LogP contribution in [0.15, 0.2) is 18.2 Å². The molecule has 0 saturated carbocycles. The van der Waals surface area contributed by atoms with Crippen molar-refractivity contribution in [2.75, 3.05) is 13.2 Å². The molecule has 1 aliphatic rings. The fraction of sp³-hybridized carbons (Fsp3) is 0.500. The summed E-state index contributed by atoms with van der Waals surface area (Å²) in [4.78, 5) is 12.1. The van der Waals surface area contributed by atoms with Gasteiger partial charge in [-0.3, -0.25) is 4.79 Å². The topological polar surface area (TPSA) is 35.5 Å². The van der Waals surface area contributed by atoms with Crippen molar-refractivity contribution in [1.82, 2.24) is 0 Å². The molecule has 3 heteroatoms. The summed E-state index contributed by atoms with van der Waals surface area (Å²) in [6.07, 6.45) is 0.378. The number of hydrogen-bond donors (Lipinski definition) is 0. The number of Topliss-reactive ketones (excluding diaryl/α,β-unsaturated/α-hetero) is 1. The van der Waals surface area contributed by atoms with E-state index >= 15 is 0 Å². The van der Waals surface area contributed by atoms with Gasteiger partial charge in [0, 0.05) is 6.61 Å². The Balaban J connectivity index is 2.27. The summed E-state index contributed by atoms with van der Waals surface area (Å²) in [7, 11) is 0. The zero-order chi connectivity index (χ0) is 12.5. The van der Waals surface area contributed by atoms with Crippen molar-refractivity contribution < 1.29 is 14.3 Å². The van der Waals surface area contributed by atoms with Gasteiger partial charge in [-0.2, -0.15) is 0 Å². The second kappa shape index (κ2) is 4.49. The Morgan fingerprint density at radius 1 is 1.47 bits per heavy atom. The maximum absolute atomic E-state index is 12.1. The van der Waals surface area contributed by atoms with Crippen molar-refractivity contribution in [2.45, 2.75) is 32.8 Å². The molecule has 1 heterocycles. The molecule has 0 radical (unpaired) electrons. The number of rotatable bonds is 3. The smallest absolute Gasteiger partial charge is 0.170 e. The van der Waals surface area contributed by atoms with Gasteiger partial charge in [-0.15, -0.1) is 0 Å². The second-order valence-electron chi connectivity index (χ2n) is 4.79. The number of aryl methyl sites for hydroxylation is 1. The van der Waals surface area contributed by atoms with E-state index in [9.17, 15) is 4.79 Å². The van der Waals surface area contributed by atoms with Gasteiger partial charge in [0.1, 0.15) is 11.4 Å². The SMILES string of the molecule is CCOCC1(C)CC(=O)c2cc(C)ccc2O1. The third-order valence-corrected chi connectivity index (χ3v) is 2.94. The number of benzene rings is 1. The number of carbonyl (C=O) groups excluding carboxylic acids is 1. The molecule has 1 aromatic rings. The van der Waals surface area contributed by atoms with E-state index in [4.69, 9.17) is 9.47 Å². The van der Waals surface area contributed by atoms with Gasteiger partial charge in [-0.1, -0.05) is 11.6 Å². The number of fused-ring (bicyclic) bond motifs is 1. The second-order valence-corrected chi connectivity index (χ2v) is 4.79. The molecule has 0 spiro atoms. The third kappa shape index (κ3) is 2.50. The van der Waals surface area contributed by atoms with E-state index in [0.717, 1.165) is 5.56 Å². The summed E-state index contributed by atoms with van der Waals surface area (Å²) in [5.41, 5.74) is 1.24. The van der Waals surface area contributed by atoms with Crippen LogP contribution in [0.4, 0.5) is 0 Å². The fourth-order valence-corrected chi connectivity index (χ4v) is 2.09. The lowest BCUT2D eigenvalue weighted by Gasteiger charge is -2.34. The normalized spacial score (nSPS) is 23.1. The Kier molecular flexibility index (Phi) is 3.20. The van der Waals surface area contributed by atoms with Crippen LogP contribution in [0, 0.1) is 6.92 Å². The van der Waals surface area contributed by atoms with Crippen LogP contribution in [0.1, 0.15) is 36.2 Å². The van der Waals surface area contributed by atoms with Gasteiger partial charge in [0.15, 0.2) is 5.78 Å². The Hall–Kier alpha value is -1.35. The Labute approximate surface area is 102 Å². The standard InChI is InChI=1S/C14H18O3/c1-4-16-9-14(3)8-12(15)11-7-10(2)5-6-13(11)17-14/h5-7H,4,8-9H2,1-3H3. The molecule has 0 fully saturated rings. The van der Waals surface area contributed by atoms with Crippen LogP contribution >= 0.6 is 0 Å². The molecule has 0 bridgehead atoms. The molecule has 0 aromatic heterocycles. The minimum atomic E-state index is -0.532. The quantitative estimate of drug-likeness (QED) is 0.806. The lowest BCUT2D eigenvalue weighted by atomic mass is 9.91. The lowest BCUT2D eigenvalue weighted by Crippen LogP contribution is -2.43. The Morgan fingerprint density at radius 3 is 2.94 bits per heavy atom. The van der Waals surface area contributed by atoms with E-state index in [1.54, 1.807) is 0 Å². The van der Waals surface area contributed by atoms with Gasteiger partial charge in [0.25, 0.3) is 0 Å². The van der Waals surface area contributed by atoms with Crippen LogP contribution in [0.5, 0.6) is 5.75 Å². The maximum Gasteiger partial charge on any atom is 0.170 e. The summed E-state index contributed by atoms with van der Waals surface area (Å²) >= 11 is 0. The van der Waals surface area contributed by atoms with E-state index in [1.807, 2.05) is 39.0 Å². The van der Waals surface area contributed by atoms with Crippen LogP contribution in [-0.2, 0) is 4.74 Å². The zero-order valence-corrected chi connectivity index (χ0v) is 10.6. The highest BCUT2D eigenvalue weighted by Gasteiger charge is 2.36. The first-order valence-electron chi connectivity index (χ1n) is 5.95. The highest BCUT2D eigenvalue weighted by Crippen LogP contribution is 2.33. The Morgan fingerprint density at radius 2 is 2.24 bits per heavy atom. The largest absolute Gasteiger partial charge is 0.484 e. The van der Waals surface area contributed by atoms with Gasteiger partial charge < -0.3 is 9.47 Å². The van der Waals surface area contributed by atoms with E-state index < -0.39 is 5.60 Å². The van der Waals surface area contributed by atoms with Gasteiger partial charge in [-0.05, 0) is 32.9 Å². The molecule has 0 amide bonds. The monoisotopic (exact) mass is 234 g/mol. The maximum atomic E-state index is 12.1. The average Bonchev–Trinajstić information content (AvgIpc) is 2.28. The molecule has 0 saturated heterocycles. The predicted molar refractivity (Wildman–Crippen MR) is 65.7 cm³/mol. The number of ketones is 1. The third-order valence-electron chi connectivity index (χ3n) is 2.94. The molecule has 1 aromatic carbocycles. The first kappa shape index (κ1) is 12.1. The Bertz CT molecular complexity index is 439. The molecule has 92 valence electrons. The molecule has 2 rings (SSSR count). The van der Waals surface area contributed by atoms with E-state index in [0.29, 0.717) is 30.9 Å². The van der Waals surface area contributed by atoms with Gasteiger partial charge in [0.05, 0.1) is 18.6 Å². The van der Waals surface area contributed by atoms with Crippen molar-refractivity contribution in [3.05, 3.63) is 29.3 Å². The van der Waals surface area contributed by atoms with Gasteiger partial charge in [-0.25, -0.2) is 0 Å². The van der Waals surface area contributed by atoms with Crippen LogP contribution < -0.4 is 4.74 Å². The molecule has 17 heavy (non-hydrogen) atoms. The van der Waals surface area contributed by atoms with Crippen molar-refractivity contribution >= 4 is 5.78 Å². The predicted octanol–water partition coefficient (Wildman–Crippen LogP) is 2.76. The first-order chi connectivity index (χ1) is 8.04. The van der Waals surface area contributed by atoms with Gasteiger partial charge in [0.2, 0.25) is 0 Å². The number of ether oxygens (including phenoxy) is 2. The minimum absolute atomic E-state index is 0.136.